The summed E-state index contributed by atoms with van der Waals surface area (Å²) in [5, 5.41) is 20.2. The largest absolute Gasteiger partial charge is 0.350 e. The molecule has 0 aliphatic carbocycles. The van der Waals surface area contributed by atoms with Crippen molar-refractivity contribution in [2.75, 3.05) is 13.1 Å². The van der Waals surface area contributed by atoms with Gasteiger partial charge in [-0.2, -0.15) is 4.98 Å². The monoisotopic (exact) mass is 415 g/mol. The van der Waals surface area contributed by atoms with Gasteiger partial charge in [-0.25, -0.2) is 0 Å². The first-order valence-corrected chi connectivity index (χ1v) is 8.73. The molecular weight excluding hydrogens is 402 g/mol. The summed E-state index contributed by atoms with van der Waals surface area (Å²) in [5.41, 5.74) is 0.234. The van der Waals surface area contributed by atoms with Crippen LogP contribution in [-0.2, 0) is 0 Å². The number of nitrogens with zero attached hydrogens (tertiary/aromatic N) is 3. The summed E-state index contributed by atoms with van der Waals surface area (Å²) in [4.78, 5) is 38.5. The Morgan fingerprint density at radius 2 is 1.79 bits per heavy atom. The molecule has 148 valence electrons. The van der Waals surface area contributed by atoms with E-state index in [1.165, 1.54) is 24.3 Å². The summed E-state index contributed by atoms with van der Waals surface area (Å²) >= 11 is 5.91. The lowest BCUT2D eigenvalue weighted by Crippen LogP contribution is -2.35. The summed E-state index contributed by atoms with van der Waals surface area (Å²) in [5.74, 6) is -1.27. The van der Waals surface area contributed by atoms with Crippen molar-refractivity contribution in [3.05, 3.63) is 75.1 Å². The van der Waals surface area contributed by atoms with Crippen LogP contribution >= 0.6 is 11.6 Å². The minimum absolute atomic E-state index is 0.0475. The van der Waals surface area contributed by atoms with Gasteiger partial charge in [0.05, 0.1) is 4.92 Å². The number of nitro groups is 1. The van der Waals surface area contributed by atoms with Crippen molar-refractivity contribution in [3.8, 4) is 11.4 Å². The average molecular weight is 416 g/mol. The number of benzene rings is 2. The van der Waals surface area contributed by atoms with E-state index in [2.05, 4.69) is 20.8 Å². The molecule has 0 aliphatic heterocycles. The van der Waals surface area contributed by atoms with Gasteiger partial charge in [-0.15, -0.1) is 0 Å². The number of carbonyl (C=O) groups is 2. The Morgan fingerprint density at radius 1 is 1.07 bits per heavy atom. The third-order valence-corrected chi connectivity index (χ3v) is 3.98. The lowest BCUT2D eigenvalue weighted by Gasteiger charge is -2.06. The third-order valence-electron chi connectivity index (χ3n) is 3.74. The van der Waals surface area contributed by atoms with E-state index in [0.29, 0.717) is 10.6 Å². The first-order chi connectivity index (χ1) is 14.0. The fraction of sp³-hybridized carbons (Fsp3) is 0.111. The standard InChI is InChI=1S/C18H14ClN5O5/c19-12-5-3-4-11(10-12)15-22-18(29-23-15)17(26)21-9-8-20-16(25)13-6-1-2-7-14(13)24(27)28/h1-7,10H,8-9H2,(H,20,25)(H,21,26). The van der Waals surface area contributed by atoms with Crippen molar-refractivity contribution in [2.45, 2.75) is 0 Å². The highest BCUT2D eigenvalue weighted by molar-refractivity contribution is 6.30. The van der Waals surface area contributed by atoms with Crippen molar-refractivity contribution < 1.29 is 19.0 Å². The van der Waals surface area contributed by atoms with Gasteiger partial charge < -0.3 is 15.2 Å². The Balaban J connectivity index is 1.52. The third kappa shape index (κ3) is 4.93. The van der Waals surface area contributed by atoms with Crippen LogP contribution in [0.4, 0.5) is 5.69 Å². The van der Waals surface area contributed by atoms with Crippen LogP contribution < -0.4 is 10.6 Å². The van der Waals surface area contributed by atoms with Gasteiger partial charge in [-0.3, -0.25) is 19.7 Å². The molecule has 0 fully saturated rings. The summed E-state index contributed by atoms with van der Waals surface area (Å²) < 4.78 is 4.93. The maximum absolute atomic E-state index is 12.1. The molecule has 0 radical (unpaired) electrons. The van der Waals surface area contributed by atoms with E-state index in [9.17, 15) is 19.7 Å². The first kappa shape index (κ1) is 20.0. The quantitative estimate of drug-likeness (QED) is 0.343. The maximum Gasteiger partial charge on any atom is 0.316 e. The average Bonchev–Trinajstić information content (AvgIpc) is 3.21. The summed E-state index contributed by atoms with van der Waals surface area (Å²) in [6, 6.07) is 12.3. The van der Waals surface area contributed by atoms with Crippen molar-refractivity contribution in [1.82, 2.24) is 20.8 Å². The Kier molecular flexibility index (Phi) is 6.15. The number of halogens is 1. The molecule has 1 aromatic heterocycles. The number of nitrogens with one attached hydrogen (secondary N) is 2. The van der Waals surface area contributed by atoms with E-state index < -0.39 is 16.7 Å². The van der Waals surface area contributed by atoms with Crippen LogP contribution in [0.2, 0.25) is 5.02 Å². The van der Waals surface area contributed by atoms with Crippen molar-refractivity contribution in [3.63, 3.8) is 0 Å². The van der Waals surface area contributed by atoms with Crippen LogP contribution in [0.15, 0.2) is 53.1 Å². The second-order valence-corrected chi connectivity index (χ2v) is 6.16. The summed E-state index contributed by atoms with van der Waals surface area (Å²) in [7, 11) is 0. The summed E-state index contributed by atoms with van der Waals surface area (Å²) in [6.45, 7) is 0.103. The molecule has 2 amide bonds. The molecule has 3 rings (SSSR count). The molecule has 2 N–H and O–H groups in total. The minimum atomic E-state index is -0.635. The SMILES string of the molecule is O=C(NCCNC(=O)c1ccccc1[N+](=O)[O-])c1nc(-c2cccc(Cl)c2)no1. The van der Waals surface area contributed by atoms with Crippen LogP contribution in [0, 0.1) is 10.1 Å². The molecule has 1 heterocycles. The normalized spacial score (nSPS) is 10.4. The highest BCUT2D eigenvalue weighted by atomic mass is 35.5. The van der Waals surface area contributed by atoms with Crippen molar-refractivity contribution in [2.24, 2.45) is 0 Å². The van der Waals surface area contributed by atoms with Gasteiger partial charge in [0.2, 0.25) is 5.82 Å². The highest BCUT2D eigenvalue weighted by Gasteiger charge is 2.19. The zero-order chi connectivity index (χ0) is 20.8. The maximum atomic E-state index is 12.1. The van der Waals surface area contributed by atoms with E-state index in [1.807, 2.05) is 0 Å². The van der Waals surface area contributed by atoms with Crippen LogP contribution in [0.3, 0.4) is 0 Å². The summed E-state index contributed by atoms with van der Waals surface area (Å²) in [6.07, 6.45) is 0. The molecule has 2 aromatic carbocycles. The molecule has 0 atom stereocenters. The Bertz CT molecular complexity index is 1070. The minimum Gasteiger partial charge on any atom is -0.350 e. The van der Waals surface area contributed by atoms with Crippen LogP contribution in [0.25, 0.3) is 11.4 Å². The fourth-order valence-corrected chi connectivity index (χ4v) is 2.60. The number of para-hydroxylation sites is 1. The number of nitro benzene ring substituents is 1. The fourth-order valence-electron chi connectivity index (χ4n) is 2.41. The van der Waals surface area contributed by atoms with Gasteiger partial charge in [0.1, 0.15) is 5.56 Å². The van der Waals surface area contributed by atoms with Crippen LogP contribution in [0.1, 0.15) is 21.0 Å². The number of aromatic nitrogens is 2. The molecule has 3 aromatic rings. The van der Waals surface area contributed by atoms with Gasteiger partial charge in [0.15, 0.2) is 0 Å². The van der Waals surface area contributed by atoms with Crippen LogP contribution in [-0.4, -0.2) is 40.0 Å². The van der Waals surface area contributed by atoms with Gasteiger partial charge in [0, 0.05) is 29.7 Å². The molecule has 10 nitrogen and oxygen atoms in total. The Morgan fingerprint density at radius 3 is 2.52 bits per heavy atom. The second-order valence-electron chi connectivity index (χ2n) is 5.72. The van der Waals surface area contributed by atoms with E-state index >= 15 is 0 Å². The molecule has 0 bridgehead atoms. The zero-order valence-electron chi connectivity index (χ0n) is 14.8. The van der Waals surface area contributed by atoms with E-state index in [0.717, 1.165) is 0 Å². The molecule has 0 spiro atoms. The van der Waals surface area contributed by atoms with Gasteiger partial charge in [-0.1, -0.05) is 41.0 Å². The number of carbonyl (C=O) groups excluding carboxylic acids is 2. The zero-order valence-corrected chi connectivity index (χ0v) is 15.5. The lowest BCUT2D eigenvalue weighted by atomic mass is 10.1. The smallest absolute Gasteiger partial charge is 0.316 e. The topological polar surface area (TPSA) is 140 Å². The molecule has 0 saturated heterocycles. The Hall–Kier alpha value is -3.79. The first-order valence-electron chi connectivity index (χ1n) is 8.35. The lowest BCUT2D eigenvalue weighted by molar-refractivity contribution is -0.385. The van der Waals surface area contributed by atoms with Gasteiger partial charge in [-0.05, 0) is 18.2 Å². The second kappa shape index (κ2) is 8.93. The molecule has 0 unspecified atom stereocenters. The van der Waals surface area contributed by atoms with E-state index in [-0.39, 0.29) is 36.1 Å². The van der Waals surface area contributed by atoms with Gasteiger partial charge >= 0.3 is 11.8 Å². The number of amides is 2. The highest BCUT2D eigenvalue weighted by Crippen LogP contribution is 2.20. The Labute approximate surface area is 169 Å². The molecular formula is C18H14ClN5O5. The molecule has 11 heteroatoms. The van der Waals surface area contributed by atoms with Crippen LogP contribution in [0.5, 0.6) is 0 Å². The van der Waals surface area contributed by atoms with E-state index in [1.54, 1.807) is 24.3 Å². The molecule has 0 saturated carbocycles. The van der Waals surface area contributed by atoms with Gasteiger partial charge in [0.25, 0.3) is 11.6 Å². The number of hydrogen-bond donors (Lipinski definition) is 2. The number of hydrogen-bond acceptors (Lipinski definition) is 7. The molecule has 29 heavy (non-hydrogen) atoms. The predicted molar refractivity (Wildman–Crippen MR) is 103 cm³/mol. The van der Waals surface area contributed by atoms with E-state index in [4.69, 9.17) is 16.1 Å². The van der Waals surface area contributed by atoms with Crippen molar-refractivity contribution >= 4 is 29.1 Å². The number of rotatable bonds is 7. The predicted octanol–water partition coefficient (Wildman–Crippen LogP) is 2.46. The molecule has 0 aliphatic rings. The van der Waals surface area contributed by atoms with Crippen molar-refractivity contribution in [1.29, 1.82) is 0 Å².